The fourth-order valence-corrected chi connectivity index (χ4v) is 10.9. The highest BCUT2D eigenvalue weighted by Gasteiger charge is 2.26. The molecule has 10 heterocycles. The number of pyridine rings is 4. The van der Waals surface area contributed by atoms with Crippen molar-refractivity contribution in [3.05, 3.63) is 153 Å². The number of nitrogens with zero attached hydrogens (tertiary/aromatic N) is 8. The molecular weight excluding hydrogens is 999 g/mol. The van der Waals surface area contributed by atoms with Crippen LogP contribution in [0.5, 0.6) is 0 Å². The summed E-state index contributed by atoms with van der Waals surface area (Å²) >= 11 is 1.52. The predicted octanol–water partition coefficient (Wildman–Crippen LogP) is 8.42. The number of fused-ring (bicyclic) bond motifs is 4. The number of unbranched alkanes of at least 4 members (excludes halogenated alkanes) is 2. The Morgan fingerprint density at radius 3 is 1.92 bits per heavy atom. The molecule has 4 amide bonds. The molecule has 16 bridgehead atoms. The zero-order valence-electron chi connectivity index (χ0n) is 44.4. The highest BCUT2D eigenvalue weighted by Crippen LogP contribution is 2.30. The van der Waals surface area contributed by atoms with Crippen LogP contribution < -0.4 is 27.2 Å². The van der Waals surface area contributed by atoms with Crippen molar-refractivity contribution in [3.63, 3.8) is 0 Å². The van der Waals surface area contributed by atoms with Gasteiger partial charge in [-0.15, -0.1) is 0 Å². The number of aromatic nitrogens is 4. The Hall–Kier alpha value is -7.51. The molecule has 0 saturated heterocycles. The first kappa shape index (κ1) is 55.3. The van der Waals surface area contributed by atoms with Crippen molar-refractivity contribution in [1.82, 2.24) is 51.1 Å². The number of hydrogen-bond acceptors (Lipinski definition) is 14. The number of thioether (sulfide) groups is 1. The minimum atomic E-state index is -0.883. The van der Waals surface area contributed by atoms with Gasteiger partial charge in [0.05, 0.1) is 56.9 Å². The Labute approximate surface area is 461 Å². The van der Waals surface area contributed by atoms with Gasteiger partial charge in [-0.3, -0.25) is 44.4 Å². The Bertz CT molecular complexity index is 3140. The van der Waals surface area contributed by atoms with Gasteiger partial charge in [0.25, 0.3) is 11.8 Å². The minimum Gasteiger partial charge on any atom is -0.352 e. The molecule has 4 aromatic rings. The van der Waals surface area contributed by atoms with Crippen molar-refractivity contribution in [2.75, 3.05) is 39.3 Å². The largest absolute Gasteiger partial charge is 0.352 e. The van der Waals surface area contributed by atoms with Crippen LogP contribution in [-0.4, -0.2) is 110 Å². The van der Waals surface area contributed by atoms with Gasteiger partial charge in [-0.1, -0.05) is 67.3 Å². The van der Waals surface area contributed by atoms with Crippen LogP contribution in [0.2, 0.25) is 0 Å². The summed E-state index contributed by atoms with van der Waals surface area (Å²) in [6.07, 6.45) is 23.0. The molecule has 6 aliphatic heterocycles. The molecule has 3 atom stereocenters. The van der Waals surface area contributed by atoms with E-state index in [1.807, 2.05) is 67.6 Å². The van der Waals surface area contributed by atoms with Gasteiger partial charge in [-0.25, -0.2) is 25.8 Å². The molecule has 0 fully saturated rings. The normalized spacial score (nSPS) is 19.9. The molecule has 0 aromatic carbocycles. The van der Waals surface area contributed by atoms with Crippen LogP contribution >= 0.6 is 11.8 Å². The van der Waals surface area contributed by atoms with Crippen LogP contribution in [0.25, 0.3) is 34.9 Å². The summed E-state index contributed by atoms with van der Waals surface area (Å²) in [6.45, 7) is 9.54. The van der Waals surface area contributed by atoms with Gasteiger partial charge >= 0.3 is 0 Å². The van der Waals surface area contributed by atoms with Crippen LogP contribution in [0.1, 0.15) is 127 Å². The van der Waals surface area contributed by atoms with Gasteiger partial charge < -0.3 is 16.0 Å². The SMILES string of the molecule is C=C(CNC(=O)C1CCCCNC(=O)c2cc3nc(c2)-c2cc(cc(n2)CN2CC=Cc4cccc(n4)-c4cccc(n4)C=CCN(CC4=NC(=CCC4)C4=CCCC(=N4)C2)C3)C(=O)N1)S/C(=C\C)CCCCCC(=O)NN. The van der Waals surface area contributed by atoms with Crippen molar-refractivity contribution < 1.29 is 19.2 Å². The summed E-state index contributed by atoms with van der Waals surface area (Å²) in [5, 5.41) is 9.25. The molecular formula is C60H69N13O4S. The number of nitrogens with one attached hydrogen (secondary N) is 4. The molecule has 404 valence electrons. The van der Waals surface area contributed by atoms with Crippen molar-refractivity contribution in [1.29, 1.82) is 0 Å². The molecule has 0 radical (unpaired) electrons. The molecule has 0 aliphatic carbocycles. The first-order valence-corrected chi connectivity index (χ1v) is 28.0. The fraction of sp³-hybridized carbons (Fsp3) is 0.367. The standard InChI is InChI=1S/C60H69N13O4S/c1-3-49(21-5-4-6-27-57(74)71-61)78-40(2)35-63-60(77)54-22-7-8-28-62-58(75)41-31-47-38-72-29-13-19-43-15-9-23-50(64-43)51-24-10-16-44(65-51)20-14-30-73(37-46-18-12-26-53(67-46)52-25-11-17-45(36-72)66-52)39-48-32-42(59(76)70-54)34-56(69-48)55(33-41)68-47/h3,9-10,13-16,19-20,23-26,31-34,54H,2,4-8,11-12,17-18,21-22,27-30,35-39,61H2,1H3,(H,62,75)(H,63,77)(H,70,76)(H,71,74)/b19-13?,20-14?,49-3-. The van der Waals surface area contributed by atoms with E-state index < -0.39 is 11.9 Å². The second kappa shape index (κ2) is 27.2. The van der Waals surface area contributed by atoms with Gasteiger partial charge in [0.15, 0.2) is 0 Å². The average molecular weight is 1070 g/mol. The number of rotatable bonds is 11. The molecule has 6 aliphatic rings. The third-order valence-electron chi connectivity index (χ3n) is 14.0. The molecule has 10 rings (SSSR count). The van der Waals surface area contributed by atoms with E-state index in [-0.39, 0.29) is 24.3 Å². The summed E-state index contributed by atoms with van der Waals surface area (Å²) < 4.78 is 0. The van der Waals surface area contributed by atoms with E-state index in [2.05, 4.69) is 62.1 Å². The van der Waals surface area contributed by atoms with E-state index in [1.54, 1.807) is 18.2 Å². The summed E-state index contributed by atoms with van der Waals surface area (Å²) in [5.74, 6) is 4.03. The van der Waals surface area contributed by atoms with E-state index >= 15 is 0 Å². The predicted molar refractivity (Wildman–Crippen MR) is 309 cm³/mol. The maximum Gasteiger partial charge on any atom is 0.252 e. The lowest BCUT2D eigenvalue weighted by Crippen LogP contribution is -2.47. The molecule has 4 aromatic heterocycles. The highest BCUT2D eigenvalue weighted by atomic mass is 32.2. The van der Waals surface area contributed by atoms with Crippen molar-refractivity contribution in [2.24, 2.45) is 15.8 Å². The summed E-state index contributed by atoms with van der Waals surface area (Å²) in [6, 6.07) is 18.1. The Morgan fingerprint density at radius 1 is 0.744 bits per heavy atom. The van der Waals surface area contributed by atoms with Crippen LogP contribution in [0.15, 0.2) is 129 Å². The van der Waals surface area contributed by atoms with Gasteiger partial charge in [0.2, 0.25) is 11.8 Å². The summed E-state index contributed by atoms with van der Waals surface area (Å²) in [4.78, 5) is 92.1. The van der Waals surface area contributed by atoms with Gasteiger partial charge in [0, 0.05) is 86.2 Å². The lowest BCUT2D eigenvalue weighted by Gasteiger charge is -2.26. The lowest BCUT2D eigenvalue weighted by molar-refractivity contribution is -0.123. The molecule has 6 N–H and O–H groups in total. The maximum absolute atomic E-state index is 14.8. The number of nitrogens with two attached hydrogens (primary N) is 1. The Balaban J connectivity index is 1.07. The molecule has 0 spiro atoms. The number of amides is 4. The second-order valence-electron chi connectivity index (χ2n) is 20.1. The summed E-state index contributed by atoms with van der Waals surface area (Å²) in [5.41, 5.74) is 11.9. The zero-order valence-corrected chi connectivity index (χ0v) is 45.3. The quantitative estimate of drug-likeness (QED) is 0.0413. The number of carbonyl (C=O) groups excluding carboxylic acids is 4. The van der Waals surface area contributed by atoms with Crippen molar-refractivity contribution in [3.8, 4) is 22.8 Å². The van der Waals surface area contributed by atoms with E-state index in [9.17, 15) is 19.2 Å². The maximum atomic E-state index is 14.8. The van der Waals surface area contributed by atoms with Crippen molar-refractivity contribution >= 4 is 59.0 Å². The van der Waals surface area contributed by atoms with Crippen LogP contribution in [0.3, 0.4) is 0 Å². The monoisotopic (exact) mass is 1070 g/mol. The van der Waals surface area contributed by atoms with Gasteiger partial charge in [-0.05, 0) is 137 Å². The minimum absolute atomic E-state index is 0.174. The number of aliphatic imine (C=N–C) groups is 2. The second-order valence-corrected chi connectivity index (χ2v) is 21.4. The molecule has 0 saturated carbocycles. The fourth-order valence-electron chi connectivity index (χ4n) is 9.98. The molecule has 78 heavy (non-hydrogen) atoms. The van der Waals surface area contributed by atoms with Crippen molar-refractivity contribution in [2.45, 2.75) is 103 Å². The van der Waals surface area contributed by atoms with E-state index in [4.69, 9.17) is 35.8 Å². The third kappa shape index (κ3) is 15.6. The van der Waals surface area contributed by atoms with E-state index in [0.29, 0.717) is 105 Å². The lowest BCUT2D eigenvalue weighted by atomic mass is 10.0. The molecule has 17 nitrogen and oxygen atoms in total. The van der Waals surface area contributed by atoms with Gasteiger partial charge in [-0.2, -0.15) is 0 Å². The highest BCUT2D eigenvalue weighted by molar-refractivity contribution is 8.06. The number of allylic oxidation sites excluding steroid dienone is 4. The smallest absolute Gasteiger partial charge is 0.252 e. The zero-order chi connectivity index (χ0) is 54.2. The average Bonchev–Trinajstić information content (AvgIpc) is 3.45. The molecule has 18 heteroatoms. The van der Waals surface area contributed by atoms with E-state index in [0.717, 1.165) is 107 Å². The number of hydrazine groups is 1. The first-order valence-electron chi connectivity index (χ1n) is 27.2. The molecule has 3 unspecified atom stereocenters. The van der Waals surface area contributed by atoms with Gasteiger partial charge in [0.1, 0.15) is 6.04 Å². The summed E-state index contributed by atoms with van der Waals surface area (Å²) in [7, 11) is 0. The van der Waals surface area contributed by atoms with Crippen LogP contribution in [0, 0.1) is 0 Å². The van der Waals surface area contributed by atoms with E-state index in [1.165, 1.54) is 11.8 Å². The topological polar surface area (TPSA) is 225 Å². The third-order valence-corrected chi connectivity index (χ3v) is 15.1. The van der Waals surface area contributed by atoms with Crippen LogP contribution in [-0.2, 0) is 22.7 Å². The number of hydrogen-bond donors (Lipinski definition) is 5. The number of carbonyl (C=O) groups is 4. The first-order chi connectivity index (χ1) is 38.0. The van der Waals surface area contributed by atoms with Crippen LogP contribution in [0.4, 0.5) is 0 Å². The Morgan fingerprint density at radius 2 is 1.33 bits per heavy atom. The Kier molecular flexibility index (Phi) is 19.3.